The second kappa shape index (κ2) is 11.7. The first kappa shape index (κ1) is 31.6. The Bertz CT molecular complexity index is 1870. The first-order valence-corrected chi connectivity index (χ1v) is 18.9. The van der Waals surface area contributed by atoms with Crippen molar-refractivity contribution < 1.29 is 27.6 Å². The largest absolute Gasteiger partial charge is 0.478 e. The number of carboxylic acids is 1. The van der Waals surface area contributed by atoms with Crippen molar-refractivity contribution >= 4 is 36.2 Å². The van der Waals surface area contributed by atoms with Crippen LogP contribution in [0.25, 0.3) is 10.4 Å². The van der Waals surface area contributed by atoms with Gasteiger partial charge in [-0.2, -0.15) is 5.26 Å². The van der Waals surface area contributed by atoms with Gasteiger partial charge in [-0.3, -0.25) is 4.85 Å². The maximum Gasteiger partial charge on any atom is 0.343 e. The molecular weight excluding hydrogens is 606 g/mol. The average Bonchev–Trinajstić information content (AvgIpc) is 3.07. The molecule has 0 aromatic heterocycles. The van der Waals surface area contributed by atoms with E-state index in [1.165, 1.54) is 0 Å². The fourth-order valence-corrected chi connectivity index (χ4v) is 10.5. The van der Waals surface area contributed by atoms with E-state index in [1.807, 2.05) is 24.3 Å². The molecule has 46 heavy (non-hydrogen) atoms. The van der Waals surface area contributed by atoms with Crippen LogP contribution in [0.5, 0.6) is 0 Å². The van der Waals surface area contributed by atoms with Crippen LogP contribution in [-0.2, 0) is 5.54 Å². The van der Waals surface area contributed by atoms with Crippen molar-refractivity contribution in [3.05, 3.63) is 98.3 Å². The lowest BCUT2D eigenvalue weighted by Crippen LogP contribution is -2.50. The minimum Gasteiger partial charge on any atom is -0.478 e. The van der Waals surface area contributed by atoms with Crippen molar-refractivity contribution in [2.45, 2.75) is 64.1 Å². The summed E-state index contributed by atoms with van der Waals surface area (Å²) < 4.78 is 50.7. The van der Waals surface area contributed by atoms with Gasteiger partial charge in [-0.1, -0.05) is 19.2 Å². The van der Waals surface area contributed by atoms with Crippen molar-refractivity contribution in [3.63, 3.8) is 0 Å². The van der Waals surface area contributed by atoms with Crippen LogP contribution in [0.4, 0.5) is 18.9 Å². The molecule has 4 aliphatic rings. The van der Waals surface area contributed by atoms with Crippen molar-refractivity contribution in [3.8, 4) is 6.07 Å². The van der Waals surface area contributed by atoms with Crippen LogP contribution < -0.4 is 10.1 Å². The van der Waals surface area contributed by atoms with Crippen LogP contribution in [0, 0.1) is 35.4 Å². The van der Waals surface area contributed by atoms with Gasteiger partial charge in [0.15, 0.2) is 23.4 Å². The molecule has 2 saturated heterocycles. The minimum absolute atomic E-state index is 0.132. The summed E-state index contributed by atoms with van der Waals surface area (Å²) in [6.45, 7) is 16.6. The normalized spacial score (nSPS) is 20.3. The van der Waals surface area contributed by atoms with E-state index in [2.05, 4.69) is 39.6 Å². The van der Waals surface area contributed by atoms with Crippen molar-refractivity contribution in [1.29, 1.82) is 5.26 Å². The van der Waals surface area contributed by atoms with Gasteiger partial charge < -0.3 is 10.0 Å². The van der Waals surface area contributed by atoms with Crippen LogP contribution in [-0.4, -0.2) is 55.6 Å². The van der Waals surface area contributed by atoms with E-state index in [0.717, 1.165) is 93.4 Å². The van der Waals surface area contributed by atoms with E-state index in [9.17, 15) is 15.2 Å². The van der Waals surface area contributed by atoms with Gasteiger partial charge in [0.2, 0.25) is 0 Å². The number of carbonyl (C=O) groups is 1. The highest BCUT2D eigenvalue weighted by Gasteiger charge is 2.47. The summed E-state index contributed by atoms with van der Waals surface area (Å²) in [5.41, 5.74) is -2.04. The zero-order valence-electron chi connectivity index (χ0n) is 26.3. The summed E-state index contributed by atoms with van der Waals surface area (Å²) in [7, 11) is -2.56. The highest BCUT2D eigenvalue weighted by molar-refractivity contribution is 6.98. The van der Waals surface area contributed by atoms with E-state index in [1.54, 1.807) is 6.07 Å². The Hall–Kier alpha value is -4.41. The maximum atomic E-state index is 16.9. The van der Waals surface area contributed by atoms with E-state index in [-0.39, 0.29) is 5.57 Å². The fourth-order valence-electron chi connectivity index (χ4n) is 7.45. The monoisotopic (exact) mass is 641 g/mol. The number of nitriles is 1. The molecule has 3 heterocycles. The molecule has 0 spiro atoms. The highest BCUT2D eigenvalue weighted by atomic mass is 28.3. The Morgan fingerprint density at radius 2 is 1.72 bits per heavy atom. The first-order valence-electron chi connectivity index (χ1n) is 15.9. The zero-order valence-corrected chi connectivity index (χ0v) is 27.3. The van der Waals surface area contributed by atoms with Crippen LogP contribution >= 0.6 is 0 Å². The molecule has 6 rings (SSSR count). The summed E-state index contributed by atoms with van der Waals surface area (Å²) in [6.07, 6.45) is 12.5. The van der Waals surface area contributed by atoms with Crippen molar-refractivity contribution in [2.24, 2.45) is 0 Å². The SMILES string of the molecule is [C-]#[N+]C(C)(C#N)c1c(F)c(F)c(C(=O)O)c(C2=C3C=CC(=[N+]4CCCCC4)C=C3[Si](C)(C)c3cc(N4CCCCC4)ccc32)c1F. The Morgan fingerprint density at radius 3 is 2.35 bits per heavy atom. The summed E-state index contributed by atoms with van der Waals surface area (Å²) in [5, 5.41) is 21.9. The second-order valence-corrected chi connectivity index (χ2v) is 17.6. The number of allylic oxidation sites excluding steroid dienone is 5. The van der Waals surface area contributed by atoms with Crippen LogP contribution in [0.2, 0.25) is 13.1 Å². The zero-order chi connectivity index (χ0) is 33.0. The number of aromatic carboxylic acids is 1. The molecule has 0 saturated carbocycles. The van der Waals surface area contributed by atoms with Gasteiger partial charge in [-0.25, -0.2) is 29.1 Å². The quantitative estimate of drug-likeness (QED) is 0.172. The van der Waals surface area contributed by atoms with E-state index in [0.29, 0.717) is 11.1 Å². The van der Waals surface area contributed by atoms with E-state index in [4.69, 9.17) is 6.57 Å². The molecule has 3 aliphatic heterocycles. The third-order valence-corrected chi connectivity index (χ3v) is 13.6. The minimum atomic E-state index is -2.56. The first-order chi connectivity index (χ1) is 21.9. The number of hydrogen-bond acceptors (Lipinski definition) is 3. The van der Waals surface area contributed by atoms with Crippen LogP contribution in [0.15, 0.2) is 47.2 Å². The van der Waals surface area contributed by atoms with E-state index >= 15 is 13.2 Å². The topological polar surface area (TPSA) is 71.7 Å². The number of carboxylic acid groups (broad SMARTS) is 1. The number of rotatable bonds is 4. The number of halogens is 3. The number of nitrogens with zero attached hydrogens (tertiary/aromatic N) is 4. The molecule has 1 N–H and O–H groups in total. The van der Waals surface area contributed by atoms with Gasteiger partial charge >= 0.3 is 11.5 Å². The highest BCUT2D eigenvalue weighted by Crippen LogP contribution is 2.46. The van der Waals surface area contributed by atoms with Gasteiger partial charge in [0.05, 0.1) is 0 Å². The van der Waals surface area contributed by atoms with Crippen molar-refractivity contribution in [1.82, 2.24) is 0 Å². The Labute approximate surface area is 268 Å². The molecular formula is C36H36F3N4O2Si+. The molecule has 0 radical (unpaired) electrons. The molecule has 2 fully saturated rings. The molecule has 0 bridgehead atoms. The van der Waals surface area contributed by atoms with Crippen LogP contribution in [0.3, 0.4) is 0 Å². The third kappa shape index (κ3) is 4.91. The molecule has 1 aliphatic carbocycles. The molecule has 6 nitrogen and oxygen atoms in total. The summed E-state index contributed by atoms with van der Waals surface area (Å²) >= 11 is 0. The molecule has 10 heteroatoms. The Kier molecular flexibility index (Phi) is 8.06. The average molecular weight is 642 g/mol. The summed E-state index contributed by atoms with van der Waals surface area (Å²) in [4.78, 5) is 18.1. The lowest BCUT2D eigenvalue weighted by molar-refractivity contribution is -0.535. The summed E-state index contributed by atoms with van der Waals surface area (Å²) in [5.74, 6) is -6.89. The predicted molar refractivity (Wildman–Crippen MR) is 175 cm³/mol. The predicted octanol–water partition coefficient (Wildman–Crippen LogP) is 6.85. The lowest BCUT2D eigenvalue weighted by Gasteiger charge is -2.39. The second-order valence-electron chi connectivity index (χ2n) is 13.2. The molecule has 1 atom stereocenters. The van der Waals surface area contributed by atoms with Gasteiger partial charge in [0, 0.05) is 56.3 Å². The number of benzene rings is 2. The van der Waals surface area contributed by atoms with E-state index < -0.39 is 53.7 Å². The lowest BCUT2D eigenvalue weighted by atomic mass is 9.82. The van der Waals surface area contributed by atoms with Gasteiger partial charge in [0.1, 0.15) is 38.1 Å². The Morgan fingerprint density at radius 1 is 1.04 bits per heavy atom. The fraction of sp³-hybridized carbons (Fsp3) is 0.389. The number of fused-ring (bicyclic) bond motifs is 2. The number of anilines is 1. The van der Waals surface area contributed by atoms with Gasteiger partial charge in [-0.05, 0) is 71.0 Å². The van der Waals surface area contributed by atoms with Crippen molar-refractivity contribution in [2.75, 3.05) is 31.1 Å². The van der Waals surface area contributed by atoms with Crippen LogP contribution in [0.1, 0.15) is 72.5 Å². The molecule has 1 unspecified atom stereocenters. The maximum absolute atomic E-state index is 16.9. The smallest absolute Gasteiger partial charge is 0.343 e. The number of hydrogen-bond donors (Lipinski definition) is 1. The number of piperidine rings is 2. The molecule has 0 amide bonds. The standard InChI is InChI=1S/C36H35F3N4O2Si/c1-36(21-40,41-2)31-32(37)29(30(35(44)45)33(38)34(31)39)28-24-13-11-22(42-15-7-5-8-16-42)19-26(24)46(3,4)27-20-23(12-14-25(27)28)43-17-9-6-10-18-43/h11-14,19-20H,5-10,15-18H2,1,3-4H3/p+1. The summed E-state index contributed by atoms with van der Waals surface area (Å²) in [6, 6.07) is 7.49. The molecule has 236 valence electrons. The Balaban J connectivity index is 1.73. The third-order valence-electron chi connectivity index (χ3n) is 10.0. The molecule has 2 aromatic carbocycles. The van der Waals surface area contributed by atoms with Gasteiger partial charge in [-0.15, -0.1) is 0 Å². The van der Waals surface area contributed by atoms with Gasteiger partial charge in [0.25, 0.3) is 0 Å². The molecule has 2 aromatic rings.